The number of hydrogen-bond donors (Lipinski definition) is 0. The molecule has 0 aromatic heterocycles. The van der Waals surface area contributed by atoms with Gasteiger partial charge in [-0.2, -0.15) is 0 Å². The van der Waals surface area contributed by atoms with E-state index in [1.807, 2.05) is 0 Å². The van der Waals surface area contributed by atoms with Gasteiger partial charge in [0.15, 0.2) is 5.89 Å². The van der Waals surface area contributed by atoms with Gasteiger partial charge < -0.3 is 9.47 Å². The fraction of sp³-hybridized carbons (Fsp3) is 0.778. The van der Waals surface area contributed by atoms with E-state index < -0.39 is 17.8 Å². The van der Waals surface area contributed by atoms with Crippen LogP contribution in [0.1, 0.15) is 28.6 Å². The Morgan fingerprint density at radius 1 is 1.15 bits per heavy atom. The molecule has 0 saturated heterocycles. The standard InChI is InChI=1S/C9H16O4/c1-4-7(8(10)12-5-2)9(11)13-6-3/h7H,4-6H2,1-3H3/i7D. The highest BCUT2D eigenvalue weighted by atomic mass is 16.6. The summed E-state index contributed by atoms with van der Waals surface area (Å²) >= 11 is 0. The van der Waals surface area contributed by atoms with Crippen molar-refractivity contribution < 1.29 is 20.4 Å². The van der Waals surface area contributed by atoms with Crippen molar-refractivity contribution in [3.05, 3.63) is 0 Å². The first-order valence-electron chi connectivity index (χ1n) is 4.87. The van der Waals surface area contributed by atoms with E-state index in [-0.39, 0.29) is 19.6 Å². The quantitative estimate of drug-likeness (QED) is 0.480. The summed E-state index contributed by atoms with van der Waals surface area (Å²) in [6.45, 7) is 5.12. The van der Waals surface area contributed by atoms with Crippen LogP contribution in [0.15, 0.2) is 0 Å². The van der Waals surface area contributed by atoms with Gasteiger partial charge >= 0.3 is 11.9 Å². The molecule has 0 rings (SSSR count). The maximum atomic E-state index is 11.3. The van der Waals surface area contributed by atoms with Crippen molar-refractivity contribution in [2.24, 2.45) is 5.89 Å². The minimum absolute atomic E-state index is 0.0463. The Bertz CT molecular complexity index is 197. The Balaban J connectivity index is 4.60. The average molecular weight is 189 g/mol. The smallest absolute Gasteiger partial charge is 0.320 e. The summed E-state index contributed by atoms with van der Waals surface area (Å²) in [7, 11) is 0. The third-order valence-corrected chi connectivity index (χ3v) is 1.40. The van der Waals surface area contributed by atoms with Gasteiger partial charge in [0.2, 0.25) is 0 Å². The molecule has 0 N–H and O–H groups in total. The van der Waals surface area contributed by atoms with Crippen molar-refractivity contribution in [3.8, 4) is 0 Å². The largest absolute Gasteiger partial charge is 0.465 e. The lowest BCUT2D eigenvalue weighted by atomic mass is 10.1. The molecule has 0 aromatic rings. The van der Waals surface area contributed by atoms with E-state index in [1.54, 1.807) is 20.8 Å². The van der Waals surface area contributed by atoms with Crippen LogP contribution in [0.3, 0.4) is 0 Å². The fourth-order valence-corrected chi connectivity index (χ4v) is 0.808. The Labute approximate surface area is 79.6 Å². The van der Waals surface area contributed by atoms with Crippen LogP contribution in [-0.2, 0) is 19.1 Å². The number of carbonyl (C=O) groups is 2. The molecule has 0 fully saturated rings. The maximum Gasteiger partial charge on any atom is 0.320 e. The first-order valence-corrected chi connectivity index (χ1v) is 4.37. The molecule has 0 aliphatic carbocycles. The third-order valence-electron chi connectivity index (χ3n) is 1.40. The lowest BCUT2D eigenvalue weighted by Gasteiger charge is -2.11. The van der Waals surface area contributed by atoms with E-state index in [1.165, 1.54) is 0 Å². The van der Waals surface area contributed by atoms with Crippen LogP contribution in [0.4, 0.5) is 0 Å². The van der Waals surface area contributed by atoms with Gasteiger partial charge in [0, 0.05) is 0 Å². The van der Waals surface area contributed by atoms with Gasteiger partial charge in [-0.1, -0.05) is 6.92 Å². The number of ether oxygens (including phenoxy) is 2. The zero-order valence-electron chi connectivity index (χ0n) is 9.25. The molecule has 0 aromatic carbocycles. The zero-order valence-corrected chi connectivity index (χ0v) is 8.25. The number of esters is 2. The predicted octanol–water partition coefficient (Wildman–Crippen LogP) is 1.14. The molecule has 13 heavy (non-hydrogen) atoms. The van der Waals surface area contributed by atoms with Crippen LogP contribution < -0.4 is 0 Å². The van der Waals surface area contributed by atoms with Crippen molar-refractivity contribution in [3.63, 3.8) is 0 Å². The molecule has 0 aliphatic heterocycles. The minimum Gasteiger partial charge on any atom is -0.465 e. The molecule has 0 heterocycles. The van der Waals surface area contributed by atoms with Crippen LogP contribution >= 0.6 is 0 Å². The molecule has 0 unspecified atom stereocenters. The molecule has 0 atom stereocenters. The second kappa shape index (κ2) is 6.46. The first kappa shape index (κ1) is 10.0. The Hall–Kier alpha value is -1.06. The molecule has 0 amide bonds. The molecule has 0 aliphatic rings. The summed E-state index contributed by atoms with van der Waals surface area (Å²) in [5, 5.41) is 0. The zero-order chi connectivity index (χ0) is 11.2. The maximum absolute atomic E-state index is 11.3. The monoisotopic (exact) mass is 189 g/mol. The molecule has 0 saturated carbocycles. The highest BCUT2D eigenvalue weighted by molar-refractivity contribution is 5.94. The Kier molecular flexibility index (Phi) is 4.98. The molecule has 0 spiro atoms. The van der Waals surface area contributed by atoms with Gasteiger partial charge in [0.05, 0.1) is 14.6 Å². The van der Waals surface area contributed by atoms with Crippen molar-refractivity contribution >= 4 is 11.9 Å². The normalized spacial score (nSPS) is 11.8. The van der Waals surface area contributed by atoms with Gasteiger partial charge in [-0.3, -0.25) is 9.59 Å². The van der Waals surface area contributed by atoms with Crippen molar-refractivity contribution in [2.45, 2.75) is 27.2 Å². The minimum atomic E-state index is -1.91. The fourth-order valence-electron chi connectivity index (χ4n) is 0.808. The average Bonchev–Trinajstić information content (AvgIpc) is 2.17. The van der Waals surface area contributed by atoms with Gasteiger partial charge in [-0.15, -0.1) is 0 Å². The van der Waals surface area contributed by atoms with E-state index in [0.717, 1.165) is 0 Å². The SMILES string of the molecule is [2H]C(CC)(C(=O)OCC)C(=O)OCC. The van der Waals surface area contributed by atoms with Crippen molar-refractivity contribution in [2.75, 3.05) is 13.2 Å². The summed E-state index contributed by atoms with van der Waals surface area (Å²) in [5.74, 6) is -3.60. The topological polar surface area (TPSA) is 52.6 Å². The predicted molar refractivity (Wildman–Crippen MR) is 47.0 cm³/mol. The highest BCUT2D eigenvalue weighted by Crippen LogP contribution is 2.07. The van der Waals surface area contributed by atoms with Crippen LogP contribution in [0.5, 0.6) is 0 Å². The van der Waals surface area contributed by atoms with Crippen LogP contribution in [0, 0.1) is 5.89 Å². The molecule has 4 heteroatoms. The van der Waals surface area contributed by atoms with Crippen LogP contribution in [0.2, 0.25) is 0 Å². The second-order valence-electron chi connectivity index (χ2n) is 2.27. The van der Waals surface area contributed by atoms with Gasteiger partial charge in [0.1, 0.15) is 0 Å². The van der Waals surface area contributed by atoms with E-state index in [4.69, 9.17) is 1.37 Å². The number of rotatable bonds is 5. The highest BCUT2D eigenvalue weighted by Gasteiger charge is 2.26. The van der Waals surface area contributed by atoms with E-state index in [0.29, 0.717) is 0 Å². The molecule has 4 nitrogen and oxygen atoms in total. The molecule has 0 radical (unpaired) electrons. The molecule has 76 valence electrons. The number of hydrogen-bond acceptors (Lipinski definition) is 4. The van der Waals surface area contributed by atoms with Crippen LogP contribution in [-0.4, -0.2) is 25.2 Å². The molecular formula is C9H16O4. The number of carbonyl (C=O) groups excluding carboxylic acids is 2. The Morgan fingerprint density at radius 2 is 1.54 bits per heavy atom. The Morgan fingerprint density at radius 3 is 1.77 bits per heavy atom. The third kappa shape index (κ3) is 3.92. The van der Waals surface area contributed by atoms with Gasteiger partial charge in [-0.05, 0) is 20.3 Å². The van der Waals surface area contributed by atoms with Crippen LogP contribution in [0.25, 0.3) is 0 Å². The van der Waals surface area contributed by atoms with E-state index in [2.05, 4.69) is 9.47 Å². The summed E-state index contributed by atoms with van der Waals surface area (Å²) < 4.78 is 16.9. The van der Waals surface area contributed by atoms with Gasteiger partial charge in [-0.25, -0.2) is 0 Å². The summed E-state index contributed by atoms with van der Waals surface area (Å²) in [5.41, 5.74) is 0. The summed E-state index contributed by atoms with van der Waals surface area (Å²) in [6.07, 6.45) is 0.0463. The summed E-state index contributed by atoms with van der Waals surface area (Å²) in [4.78, 5) is 22.6. The summed E-state index contributed by atoms with van der Waals surface area (Å²) in [6, 6.07) is 0. The van der Waals surface area contributed by atoms with E-state index in [9.17, 15) is 9.59 Å². The lowest BCUT2D eigenvalue weighted by molar-refractivity contribution is -0.161. The lowest BCUT2D eigenvalue weighted by Crippen LogP contribution is -2.27. The van der Waals surface area contributed by atoms with E-state index >= 15 is 0 Å². The van der Waals surface area contributed by atoms with Crippen molar-refractivity contribution in [1.29, 1.82) is 0 Å². The molecule has 0 bridgehead atoms. The molecular weight excluding hydrogens is 172 g/mol. The van der Waals surface area contributed by atoms with Gasteiger partial charge in [0.25, 0.3) is 0 Å². The van der Waals surface area contributed by atoms with Crippen molar-refractivity contribution in [1.82, 2.24) is 0 Å². The second-order valence-corrected chi connectivity index (χ2v) is 2.27. The first-order chi connectivity index (χ1) is 6.52.